The lowest BCUT2D eigenvalue weighted by atomic mass is 10.3. The molecule has 1 atom stereocenters. The molecule has 2 N–H and O–H groups in total. The fraction of sp³-hybridized carbons (Fsp3) is 0.357. The first-order valence-electron chi connectivity index (χ1n) is 6.54. The molecule has 0 radical (unpaired) electrons. The molecular weight excluding hydrogens is 274 g/mol. The van der Waals surface area contributed by atoms with Crippen molar-refractivity contribution in [3.8, 4) is 0 Å². The highest BCUT2D eigenvalue weighted by Crippen LogP contribution is 2.11. The van der Waals surface area contributed by atoms with E-state index in [2.05, 4.69) is 10.3 Å². The molecule has 0 aliphatic heterocycles. The van der Waals surface area contributed by atoms with Gasteiger partial charge in [0.25, 0.3) is 0 Å². The molecule has 1 unspecified atom stereocenters. The molecule has 7 nitrogen and oxygen atoms in total. The van der Waals surface area contributed by atoms with Crippen LogP contribution in [-0.4, -0.2) is 46.3 Å². The van der Waals surface area contributed by atoms with Crippen LogP contribution in [0.4, 0.5) is 0 Å². The average Bonchev–Trinajstić information content (AvgIpc) is 2.88. The quantitative estimate of drug-likeness (QED) is 0.781. The van der Waals surface area contributed by atoms with Crippen molar-refractivity contribution in [1.29, 1.82) is 0 Å². The van der Waals surface area contributed by atoms with Gasteiger partial charge in [0, 0.05) is 20.1 Å². The predicted molar refractivity (Wildman–Crippen MR) is 75.8 cm³/mol. The summed E-state index contributed by atoms with van der Waals surface area (Å²) < 4.78 is 6.63. The minimum absolute atomic E-state index is 0.0463. The van der Waals surface area contributed by atoms with Crippen molar-refractivity contribution in [3.05, 3.63) is 30.6 Å². The summed E-state index contributed by atoms with van der Waals surface area (Å²) in [6, 6.07) is 7.66. The number of carbonyl (C=O) groups is 2. The zero-order chi connectivity index (χ0) is 15.2. The lowest BCUT2D eigenvalue weighted by molar-refractivity contribution is -0.148. The number of nitrogens with zero attached hydrogens (tertiary/aromatic N) is 2. The summed E-state index contributed by atoms with van der Waals surface area (Å²) in [6.45, 7) is 0.437. The molecule has 0 aliphatic rings. The third kappa shape index (κ3) is 3.79. The van der Waals surface area contributed by atoms with Crippen molar-refractivity contribution in [2.75, 3.05) is 13.7 Å². The first-order valence-corrected chi connectivity index (χ1v) is 6.54. The number of benzene rings is 1. The monoisotopic (exact) mass is 291 g/mol. The number of imidazole rings is 1. The molecule has 1 aromatic heterocycles. The van der Waals surface area contributed by atoms with Crippen LogP contribution < -0.4 is 5.32 Å². The Kier molecular flexibility index (Phi) is 4.89. The van der Waals surface area contributed by atoms with Crippen LogP contribution in [0.25, 0.3) is 11.0 Å². The van der Waals surface area contributed by atoms with Gasteiger partial charge in [-0.05, 0) is 12.1 Å². The Morgan fingerprint density at radius 2 is 2.19 bits per heavy atom. The Morgan fingerprint density at radius 1 is 1.43 bits per heavy atom. The van der Waals surface area contributed by atoms with Crippen molar-refractivity contribution in [3.63, 3.8) is 0 Å². The van der Waals surface area contributed by atoms with Crippen LogP contribution in [-0.2, 0) is 20.9 Å². The van der Waals surface area contributed by atoms with E-state index in [1.807, 2.05) is 28.8 Å². The second-order valence-electron chi connectivity index (χ2n) is 4.54. The van der Waals surface area contributed by atoms with Gasteiger partial charge in [0.15, 0.2) is 6.10 Å². The molecule has 0 bridgehead atoms. The lowest BCUT2D eigenvalue weighted by Gasteiger charge is -2.11. The van der Waals surface area contributed by atoms with Gasteiger partial charge in [-0.2, -0.15) is 0 Å². The van der Waals surface area contributed by atoms with Crippen LogP contribution in [0.5, 0.6) is 0 Å². The second kappa shape index (κ2) is 6.85. The van der Waals surface area contributed by atoms with Gasteiger partial charge in [-0.25, -0.2) is 9.78 Å². The number of carboxylic acids is 1. The first kappa shape index (κ1) is 15.0. The Bertz CT molecular complexity index is 638. The number of ether oxygens (including phenoxy) is 1. The molecule has 0 saturated heterocycles. The van der Waals surface area contributed by atoms with Gasteiger partial charge in [0.05, 0.1) is 23.9 Å². The number of hydrogen-bond donors (Lipinski definition) is 2. The van der Waals surface area contributed by atoms with Crippen LogP contribution in [0.1, 0.15) is 6.42 Å². The van der Waals surface area contributed by atoms with E-state index in [1.54, 1.807) is 6.33 Å². The Hall–Kier alpha value is -2.41. The van der Waals surface area contributed by atoms with Crippen molar-refractivity contribution in [2.45, 2.75) is 19.1 Å². The van der Waals surface area contributed by atoms with E-state index in [0.717, 1.165) is 11.0 Å². The SMILES string of the molecule is COC(CNC(=O)CCn1cnc2ccccc21)C(=O)O. The molecule has 1 heterocycles. The number of nitrogens with one attached hydrogen (secondary N) is 1. The number of rotatable bonds is 7. The molecular formula is C14H17N3O4. The lowest BCUT2D eigenvalue weighted by Crippen LogP contribution is -2.38. The number of aliphatic carboxylic acids is 1. The summed E-state index contributed by atoms with van der Waals surface area (Å²) in [5.41, 5.74) is 1.84. The van der Waals surface area contributed by atoms with E-state index in [-0.39, 0.29) is 18.9 Å². The third-order valence-corrected chi connectivity index (χ3v) is 3.15. The summed E-state index contributed by atoms with van der Waals surface area (Å²) in [4.78, 5) is 26.7. The van der Waals surface area contributed by atoms with Crippen LogP contribution in [0.15, 0.2) is 30.6 Å². The van der Waals surface area contributed by atoms with Crippen LogP contribution in [0.3, 0.4) is 0 Å². The number of methoxy groups -OCH3 is 1. The zero-order valence-electron chi connectivity index (χ0n) is 11.7. The summed E-state index contributed by atoms with van der Waals surface area (Å²) >= 11 is 0. The minimum atomic E-state index is -1.10. The van der Waals surface area contributed by atoms with Gasteiger partial charge < -0.3 is 19.7 Å². The standard InChI is InChI=1S/C14H17N3O4/c1-21-12(14(19)20)8-15-13(18)6-7-17-9-16-10-4-2-3-5-11(10)17/h2-5,9,12H,6-8H2,1H3,(H,15,18)(H,19,20). The molecule has 7 heteroatoms. The highest BCUT2D eigenvalue weighted by Gasteiger charge is 2.17. The van der Waals surface area contributed by atoms with Gasteiger partial charge in [-0.15, -0.1) is 0 Å². The van der Waals surface area contributed by atoms with Crippen molar-refractivity contribution < 1.29 is 19.4 Å². The van der Waals surface area contributed by atoms with Crippen molar-refractivity contribution in [1.82, 2.24) is 14.9 Å². The van der Waals surface area contributed by atoms with E-state index in [9.17, 15) is 9.59 Å². The molecule has 0 aliphatic carbocycles. The van der Waals surface area contributed by atoms with E-state index in [1.165, 1.54) is 7.11 Å². The van der Waals surface area contributed by atoms with E-state index in [0.29, 0.717) is 6.54 Å². The van der Waals surface area contributed by atoms with Gasteiger partial charge >= 0.3 is 5.97 Å². The van der Waals surface area contributed by atoms with Gasteiger partial charge in [-0.3, -0.25) is 4.79 Å². The highest BCUT2D eigenvalue weighted by molar-refractivity contribution is 5.78. The molecule has 112 valence electrons. The summed E-state index contributed by atoms with van der Waals surface area (Å²) in [6.07, 6.45) is 0.909. The largest absolute Gasteiger partial charge is 0.479 e. The van der Waals surface area contributed by atoms with Crippen molar-refractivity contribution >= 4 is 22.9 Å². The maximum absolute atomic E-state index is 11.7. The van der Waals surface area contributed by atoms with Gasteiger partial charge in [0.2, 0.25) is 5.91 Å². The molecule has 2 rings (SSSR count). The van der Waals surface area contributed by atoms with Crippen molar-refractivity contribution in [2.24, 2.45) is 0 Å². The zero-order valence-corrected chi connectivity index (χ0v) is 11.7. The second-order valence-corrected chi connectivity index (χ2v) is 4.54. The molecule has 21 heavy (non-hydrogen) atoms. The van der Waals surface area contributed by atoms with Gasteiger partial charge in [-0.1, -0.05) is 12.1 Å². The van der Waals surface area contributed by atoms with Crippen LogP contribution in [0.2, 0.25) is 0 Å². The molecule has 1 amide bonds. The number of carboxylic acid groups (broad SMARTS) is 1. The molecule has 0 saturated carbocycles. The van der Waals surface area contributed by atoms with E-state index >= 15 is 0 Å². The smallest absolute Gasteiger partial charge is 0.334 e. The topological polar surface area (TPSA) is 93.5 Å². The number of fused-ring (bicyclic) bond motifs is 1. The van der Waals surface area contributed by atoms with Crippen LogP contribution in [0, 0.1) is 0 Å². The van der Waals surface area contributed by atoms with E-state index in [4.69, 9.17) is 9.84 Å². The summed E-state index contributed by atoms with van der Waals surface area (Å²) in [7, 11) is 1.29. The molecule has 0 spiro atoms. The number of amides is 1. The fourth-order valence-electron chi connectivity index (χ4n) is 1.98. The molecule has 0 fully saturated rings. The number of hydrogen-bond acceptors (Lipinski definition) is 4. The summed E-state index contributed by atoms with van der Waals surface area (Å²) in [5, 5.41) is 11.3. The first-order chi connectivity index (χ1) is 10.1. The number of para-hydroxylation sites is 2. The maximum atomic E-state index is 11.7. The maximum Gasteiger partial charge on any atom is 0.334 e. The Labute approximate surface area is 121 Å². The number of carbonyl (C=O) groups excluding carboxylic acids is 1. The summed E-state index contributed by atoms with van der Waals surface area (Å²) in [5.74, 6) is -1.32. The third-order valence-electron chi connectivity index (χ3n) is 3.15. The Balaban J connectivity index is 1.85. The predicted octanol–water partition coefficient (Wildman–Crippen LogP) is 0.642. The van der Waals surface area contributed by atoms with Crippen LogP contribution >= 0.6 is 0 Å². The Morgan fingerprint density at radius 3 is 2.90 bits per heavy atom. The fourth-order valence-corrected chi connectivity index (χ4v) is 1.98. The number of aryl methyl sites for hydroxylation is 1. The normalized spacial score (nSPS) is 12.2. The van der Waals surface area contributed by atoms with E-state index < -0.39 is 12.1 Å². The molecule has 2 aromatic rings. The number of aromatic nitrogens is 2. The van der Waals surface area contributed by atoms with Gasteiger partial charge in [0.1, 0.15) is 0 Å². The minimum Gasteiger partial charge on any atom is -0.479 e. The highest BCUT2D eigenvalue weighted by atomic mass is 16.5. The average molecular weight is 291 g/mol. The molecule has 1 aromatic carbocycles.